The highest BCUT2D eigenvalue weighted by atomic mass is 32.1. The first-order valence-electron chi connectivity index (χ1n) is 9.95. The lowest BCUT2D eigenvalue weighted by atomic mass is 9.68. The van der Waals surface area contributed by atoms with Crippen LogP contribution in [0.5, 0.6) is 0 Å². The van der Waals surface area contributed by atoms with Crippen molar-refractivity contribution in [3.8, 4) is 6.07 Å². The number of fused-ring (bicyclic) bond motifs is 2. The Morgan fingerprint density at radius 3 is 2.68 bits per heavy atom. The van der Waals surface area contributed by atoms with Gasteiger partial charge in [-0.05, 0) is 56.1 Å². The summed E-state index contributed by atoms with van der Waals surface area (Å²) >= 11 is 1.41. The van der Waals surface area contributed by atoms with Gasteiger partial charge in [0.1, 0.15) is 10.8 Å². The molecule has 0 radical (unpaired) electrons. The molecule has 2 aromatic heterocycles. The predicted molar refractivity (Wildman–Crippen MR) is 110 cm³/mol. The van der Waals surface area contributed by atoms with E-state index in [9.17, 15) is 5.26 Å². The van der Waals surface area contributed by atoms with Crippen molar-refractivity contribution in [1.82, 2.24) is 19.2 Å². The number of hydrogen-bond donors (Lipinski definition) is 1. The summed E-state index contributed by atoms with van der Waals surface area (Å²) in [7, 11) is 0. The molecule has 1 saturated carbocycles. The highest BCUT2D eigenvalue weighted by Crippen LogP contribution is 2.45. The van der Waals surface area contributed by atoms with Gasteiger partial charge in [-0.3, -0.25) is 4.90 Å². The summed E-state index contributed by atoms with van der Waals surface area (Å²) in [5.74, 6) is 3.27. The Morgan fingerprint density at radius 1 is 1.29 bits per heavy atom. The maximum absolute atomic E-state index is 9.46. The van der Waals surface area contributed by atoms with Gasteiger partial charge in [-0.2, -0.15) is 14.6 Å². The van der Waals surface area contributed by atoms with E-state index in [1.165, 1.54) is 24.4 Å². The molecule has 1 aliphatic carbocycles. The Labute approximate surface area is 169 Å². The Hall–Kier alpha value is -2.24. The Kier molecular flexibility index (Phi) is 4.25. The molecule has 6 rings (SSSR count). The molecule has 0 unspecified atom stereocenters. The number of anilines is 3. The van der Waals surface area contributed by atoms with Crippen LogP contribution in [0.2, 0.25) is 0 Å². The second kappa shape index (κ2) is 6.68. The number of aromatic nitrogens is 3. The summed E-state index contributed by atoms with van der Waals surface area (Å²) in [4.78, 5) is 14.1. The Morgan fingerprint density at radius 2 is 2.04 bits per heavy atom. The smallest absolute Gasteiger partial charge is 0.229 e. The fourth-order valence-electron chi connectivity index (χ4n) is 4.99. The third-order valence-corrected chi connectivity index (χ3v) is 7.24. The molecule has 3 aliphatic heterocycles. The Bertz CT molecular complexity index is 911. The fraction of sp³-hybridized carbons (Fsp3) is 0.600. The van der Waals surface area contributed by atoms with Crippen LogP contribution >= 0.6 is 11.5 Å². The molecular formula is C20H25N7S. The van der Waals surface area contributed by atoms with Gasteiger partial charge in [0.15, 0.2) is 0 Å². The van der Waals surface area contributed by atoms with E-state index in [0.717, 1.165) is 60.1 Å². The van der Waals surface area contributed by atoms with Gasteiger partial charge in [0, 0.05) is 37.9 Å². The molecule has 1 N–H and O–H groups in total. The predicted octanol–water partition coefficient (Wildman–Crippen LogP) is 3.11. The fourth-order valence-corrected chi connectivity index (χ4v) is 5.64. The van der Waals surface area contributed by atoms with Crippen LogP contribution in [-0.4, -0.2) is 51.0 Å². The van der Waals surface area contributed by atoms with Gasteiger partial charge in [0.25, 0.3) is 0 Å². The number of nitriles is 1. The first-order valence-corrected chi connectivity index (χ1v) is 10.7. The second-order valence-corrected chi connectivity index (χ2v) is 9.49. The third-order valence-electron chi connectivity index (χ3n) is 6.45. The minimum absolute atomic E-state index is 0.00808. The van der Waals surface area contributed by atoms with Gasteiger partial charge in [0.05, 0.1) is 23.7 Å². The van der Waals surface area contributed by atoms with Crippen LogP contribution in [0, 0.1) is 37.0 Å². The highest BCUT2D eigenvalue weighted by molar-refractivity contribution is 7.10. The van der Waals surface area contributed by atoms with Crippen molar-refractivity contribution < 1.29 is 0 Å². The maximum Gasteiger partial charge on any atom is 0.229 e. The van der Waals surface area contributed by atoms with Gasteiger partial charge >= 0.3 is 0 Å². The van der Waals surface area contributed by atoms with Crippen molar-refractivity contribution >= 4 is 28.3 Å². The van der Waals surface area contributed by atoms with Crippen LogP contribution in [0.1, 0.15) is 30.5 Å². The molecule has 4 fully saturated rings. The molecule has 8 heteroatoms. The van der Waals surface area contributed by atoms with Crippen LogP contribution in [0.4, 0.5) is 16.8 Å². The molecule has 146 valence electrons. The van der Waals surface area contributed by atoms with Gasteiger partial charge in [-0.25, -0.2) is 4.98 Å². The number of aryl methyl sites for hydroxylation is 2. The van der Waals surface area contributed by atoms with Crippen molar-refractivity contribution in [2.75, 3.05) is 36.4 Å². The average molecular weight is 396 g/mol. The molecule has 2 bridgehead atoms. The quantitative estimate of drug-likeness (QED) is 0.833. The first kappa shape index (κ1) is 17.8. The van der Waals surface area contributed by atoms with Crippen molar-refractivity contribution in [3.63, 3.8) is 0 Å². The van der Waals surface area contributed by atoms with E-state index in [4.69, 9.17) is 4.98 Å². The van der Waals surface area contributed by atoms with E-state index in [2.05, 4.69) is 37.5 Å². The van der Waals surface area contributed by atoms with Crippen molar-refractivity contribution in [3.05, 3.63) is 23.5 Å². The molecule has 28 heavy (non-hydrogen) atoms. The zero-order valence-corrected chi connectivity index (χ0v) is 17.2. The monoisotopic (exact) mass is 395 g/mol. The second-order valence-electron chi connectivity index (χ2n) is 8.68. The van der Waals surface area contributed by atoms with Crippen molar-refractivity contribution in [2.24, 2.45) is 11.8 Å². The summed E-state index contributed by atoms with van der Waals surface area (Å²) in [5, 5.41) is 13.7. The molecule has 7 nitrogen and oxygen atoms in total. The lowest BCUT2D eigenvalue weighted by molar-refractivity contribution is -0.0525. The van der Waals surface area contributed by atoms with Gasteiger partial charge < -0.3 is 10.2 Å². The zero-order valence-electron chi connectivity index (χ0n) is 16.4. The molecule has 0 spiro atoms. The van der Waals surface area contributed by atoms with Gasteiger partial charge in [-0.1, -0.05) is 0 Å². The summed E-state index contributed by atoms with van der Waals surface area (Å²) in [6.45, 7) is 8.09. The molecule has 4 aliphatic rings. The lowest BCUT2D eigenvalue weighted by Crippen LogP contribution is -2.73. The number of nitrogens with zero attached hydrogens (tertiary/aromatic N) is 6. The molecule has 0 atom stereocenters. The summed E-state index contributed by atoms with van der Waals surface area (Å²) in [6, 6.07) is 4.45. The van der Waals surface area contributed by atoms with E-state index in [-0.39, 0.29) is 5.54 Å². The van der Waals surface area contributed by atoms with Crippen LogP contribution in [-0.2, 0) is 0 Å². The molecule has 3 saturated heterocycles. The summed E-state index contributed by atoms with van der Waals surface area (Å²) in [6.07, 6.45) is 5.25. The minimum atomic E-state index is -0.00808. The van der Waals surface area contributed by atoms with Crippen LogP contribution in [0.3, 0.4) is 0 Å². The van der Waals surface area contributed by atoms with E-state index in [1.54, 1.807) is 0 Å². The molecular weight excluding hydrogens is 370 g/mol. The lowest BCUT2D eigenvalue weighted by Gasteiger charge is -2.61. The molecule has 0 aromatic carbocycles. The normalized spacial score (nSPS) is 25.5. The largest absolute Gasteiger partial charge is 0.352 e. The number of hydrogen-bond acceptors (Lipinski definition) is 8. The number of rotatable bonds is 5. The SMILES string of the molecule is Cc1cc(Nc2ncc(C)c(N3CC(CC#N)(N4CC5CC(C5)C4)C3)n2)sn1. The zero-order chi connectivity index (χ0) is 19.3. The molecule has 0 amide bonds. The summed E-state index contributed by atoms with van der Waals surface area (Å²) < 4.78 is 4.29. The van der Waals surface area contributed by atoms with Crippen molar-refractivity contribution in [1.29, 1.82) is 5.26 Å². The number of nitrogens with one attached hydrogen (secondary N) is 1. The van der Waals surface area contributed by atoms with Crippen LogP contribution in [0.25, 0.3) is 0 Å². The van der Waals surface area contributed by atoms with E-state index in [1.807, 2.05) is 19.2 Å². The molecule has 5 heterocycles. The molecule has 2 aromatic rings. The summed E-state index contributed by atoms with van der Waals surface area (Å²) in [5.41, 5.74) is 2.05. The number of piperidine rings is 2. The standard InChI is InChI=1S/C20H25N7S/c1-13-8-22-19(23-17-5-14(2)25-28-17)24-18(13)26-11-20(12-26,3-4-21)27-9-15-6-16(7-15)10-27/h5,8,15-16H,3,6-7,9-12H2,1-2H3,(H,22,23,24). The average Bonchev–Trinajstić information content (AvgIpc) is 3.04. The van der Waals surface area contributed by atoms with E-state index >= 15 is 0 Å². The van der Waals surface area contributed by atoms with Gasteiger partial charge in [-0.15, -0.1) is 0 Å². The highest BCUT2D eigenvalue weighted by Gasteiger charge is 2.52. The Balaban J connectivity index is 1.32. The van der Waals surface area contributed by atoms with Crippen LogP contribution < -0.4 is 10.2 Å². The van der Waals surface area contributed by atoms with Gasteiger partial charge in [0.2, 0.25) is 5.95 Å². The third kappa shape index (κ3) is 3.03. The van der Waals surface area contributed by atoms with Crippen molar-refractivity contribution in [2.45, 2.75) is 38.6 Å². The maximum atomic E-state index is 9.46. The first-order chi connectivity index (χ1) is 13.5. The van der Waals surface area contributed by atoms with Crippen LogP contribution in [0.15, 0.2) is 12.3 Å². The van der Waals surface area contributed by atoms with E-state index < -0.39 is 0 Å². The van der Waals surface area contributed by atoms with E-state index in [0.29, 0.717) is 12.4 Å². The minimum Gasteiger partial charge on any atom is -0.352 e. The topological polar surface area (TPSA) is 81.0 Å².